The maximum absolute atomic E-state index is 12.0. The zero-order valence-corrected chi connectivity index (χ0v) is 11.2. The Bertz CT molecular complexity index is 488. The van der Waals surface area contributed by atoms with Gasteiger partial charge in [0.05, 0.1) is 4.92 Å². The largest absolute Gasteiger partial charge is 0.396 e. The lowest BCUT2D eigenvalue weighted by Gasteiger charge is -2.19. The lowest BCUT2D eigenvalue weighted by atomic mass is 10.0. The van der Waals surface area contributed by atoms with E-state index in [9.17, 15) is 14.9 Å². The average molecular weight is 266 g/mol. The number of nitro benzene ring substituents is 1. The van der Waals surface area contributed by atoms with Crippen molar-refractivity contribution < 1.29 is 14.8 Å². The minimum Gasteiger partial charge on any atom is -0.396 e. The van der Waals surface area contributed by atoms with E-state index in [2.05, 4.69) is 5.32 Å². The molecule has 0 aliphatic rings. The molecule has 0 fully saturated rings. The topological polar surface area (TPSA) is 92.5 Å². The van der Waals surface area contributed by atoms with E-state index in [1.807, 2.05) is 6.92 Å². The molecule has 104 valence electrons. The molecule has 0 saturated carbocycles. The van der Waals surface area contributed by atoms with E-state index in [1.165, 1.54) is 12.1 Å². The number of aryl methyl sites for hydroxylation is 1. The molecule has 1 aromatic rings. The summed E-state index contributed by atoms with van der Waals surface area (Å²) in [5, 5.41) is 22.5. The van der Waals surface area contributed by atoms with Gasteiger partial charge in [-0.25, -0.2) is 0 Å². The Balaban J connectivity index is 2.91. The Labute approximate surface area is 111 Å². The Hall–Kier alpha value is -1.95. The first kappa shape index (κ1) is 15.1. The fourth-order valence-corrected chi connectivity index (χ4v) is 1.59. The van der Waals surface area contributed by atoms with Gasteiger partial charge >= 0.3 is 0 Å². The fraction of sp³-hybridized carbons (Fsp3) is 0.462. The summed E-state index contributed by atoms with van der Waals surface area (Å²) in [4.78, 5) is 22.2. The number of nitro groups is 1. The highest BCUT2D eigenvalue weighted by Gasteiger charge is 2.17. The normalized spacial score (nSPS) is 13.7. The van der Waals surface area contributed by atoms with Crippen LogP contribution in [0.15, 0.2) is 18.2 Å². The van der Waals surface area contributed by atoms with Crippen LogP contribution in [0, 0.1) is 23.0 Å². The van der Waals surface area contributed by atoms with E-state index in [0.717, 1.165) is 0 Å². The van der Waals surface area contributed by atoms with E-state index in [1.54, 1.807) is 19.9 Å². The molecular formula is C13H18N2O4. The summed E-state index contributed by atoms with van der Waals surface area (Å²) in [6, 6.07) is 4.05. The SMILES string of the molecule is Cc1cc(C(=O)NC(C)C(C)CO)cc([N+](=O)[O-])c1. The summed E-state index contributed by atoms with van der Waals surface area (Å²) in [5.74, 6) is -0.455. The van der Waals surface area contributed by atoms with Crippen LogP contribution in [0.25, 0.3) is 0 Å². The Kier molecular flexibility index (Phi) is 5.00. The van der Waals surface area contributed by atoms with Gasteiger partial charge < -0.3 is 10.4 Å². The molecule has 2 N–H and O–H groups in total. The number of nitrogens with one attached hydrogen (secondary N) is 1. The summed E-state index contributed by atoms with van der Waals surface area (Å²) >= 11 is 0. The lowest BCUT2D eigenvalue weighted by Crippen LogP contribution is -2.38. The monoisotopic (exact) mass is 266 g/mol. The van der Waals surface area contributed by atoms with Crippen LogP contribution in [0.2, 0.25) is 0 Å². The first-order valence-corrected chi connectivity index (χ1v) is 6.03. The van der Waals surface area contributed by atoms with E-state index in [4.69, 9.17) is 5.11 Å². The number of carbonyl (C=O) groups is 1. The third-order valence-corrected chi connectivity index (χ3v) is 3.04. The molecule has 0 heterocycles. The fourth-order valence-electron chi connectivity index (χ4n) is 1.59. The van der Waals surface area contributed by atoms with E-state index < -0.39 is 4.92 Å². The summed E-state index contributed by atoms with van der Waals surface area (Å²) < 4.78 is 0. The van der Waals surface area contributed by atoms with Gasteiger partial charge in [0.15, 0.2) is 0 Å². The van der Waals surface area contributed by atoms with Crippen LogP contribution in [0.4, 0.5) is 5.69 Å². The van der Waals surface area contributed by atoms with E-state index >= 15 is 0 Å². The molecule has 0 aliphatic carbocycles. The minimum absolute atomic E-state index is 0.0323. The van der Waals surface area contributed by atoms with Crippen molar-refractivity contribution in [3.8, 4) is 0 Å². The molecule has 19 heavy (non-hydrogen) atoms. The average Bonchev–Trinajstić information content (AvgIpc) is 2.36. The van der Waals surface area contributed by atoms with Crippen molar-refractivity contribution in [3.05, 3.63) is 39.4 Å². The molecule has 6 nitrogen and oxygen atoms in total. The van der Waals surface area contributed by atoms with Gasteiger partial charge in [0.1, 0.15) is 0 Å². The van der Waals surface area contributed by atoms with Crippen LogP contribution < -0.4 is 5.32 Å². The molecule has 1 amide bonds. The molecule has 2 atom stereocenters. The van der Waals surface area contributed by atoms with Gasteiger partial charge in [-0.15, -0.1) is 0 Å². The summed E-state index contributed by atoms with van der Waals surface area (Å²) in [6.07, 6.45) is 0. The van der Waals surface area contributed by atoms with Gasteiger partial charge in [-0.2, -0.15) is 0 Å². The standard InChI is InChI=1S/C13H18N2O4/c1-8-4-11(6-12(5-8)15(18)19)13(17)14-10(3)9(2)7-16/h4-6,9-10,16H,7H2,1-3H3,(H,14,17). The van der Waals surface area contributed by atoms with Crippen molar-refractivity contribution in [2.45, 2.75) is 26.8 Å². The van der Waals surface area contributed by atoms with Gasteiger partial charge in [-0.3, -0.25) is 14.9 Å². The second kappa shape index (κ2) is 6.29. The highest BCUT2D eigenvalue weighted by molar-refractivity contribution is 5.95. The number of amides is 1. The van der Waals surface area contributed by atoms with E-state index in [0.29, 0.717) is 5.56 Å². The Morgan fingerprint density at radius 3 is 2.58 bits per heavy atom. The number of aliphatic hydroxyl groups excluding tert-OH is 1. The van der Waals surface area contributed by atoms with Crippen molar-refractivity contribution in [3.63, 3.8) is 0 Å². The third-order valence-electron chi connectivity index (χ3n) is 3.04. The van der Waals surface area contributed by atoms with Gasteiger partial charge in [0, 0.05) is 30.3 Å². The second-order valence-corrected chi connectivity index (χ2v) is 4.74. The molecule has 6 heteroatoms. The number of nitrogens with zero attached hydrogens (tertiary/aromatic N) is 1. The molecule has 0 radical (unpaired) electrons. The van der Waals surface area contributed by atoms with Gasteiger partial charge in [0.25, 0.3) is 11.6 Å². The van der Waals surface area contributed by atoms with Crippen LogP contribution in [-0.4, -0.2) is 28.6 Å². The van der Waals surface area contributed by atoms with Gasteiger partial charge in [0.2, 0.25) is 0 Å². The smallest absolute Gasteiger partial charge is 0.270 e. The van der Waals surface area contributed by atoms with Crippen LogP contribution in [0.1, 0.15) is 29.8 Å². The molecule has 0 aromatic heterocycles. The second-order valence-electron chi connectivity index (χ2n) is 4.74. The number of rotatable bonds is 5. The molecule has 1 aromatic carbocycles. The number of hydrogen-bond acceptors (Lipinski definition) is 4. The van der Waals surface area contributed by atoms with Crippen molar-refractivity contribution in [2.75, 3.05) is 6.61 Å². The molecule has 0 bridgehead atoms. The first-order valence-electron chi connectivity index (χ1n) is 6.03. The van der Waals surface area contributed by atoms with Crippen LogP contribution >= 0.6 is 0 Å². The zero-order chi connectivity index (χ0) is 14.6. The molecule has 2 unspecified atom stereocenters. The molecule has 1 rings (SSSR count). The highest BCUT2D eigenvalue weighted by Crippen LogP contribution is 2.17. The zero-order valence-electron chi connectivity index (χ0n) is 11.2. The Morgan fingerprint density at radius 1 is 1.42 bits per heavy atom. The van der Waals surface area contributed by atoms with Gasteiger partial charge in [-0.1, -0.05) is 6.92 Å². The number of carbonyl (C=O) groups excluding carboxylic acids is 1. The van der Waals surface area contributed by atoms with Crippen molar-refractivity contribution in [1.82, 2.24) is 5.32 Å². The predicted octanol–water partition coefficient (Wildman–Crippen LogP) is 1.65. The lowest BCUT2D eigenvalue weighted by molar-refractivity contribution is -0.384. The van der Waals surface area contributed by atoms with Crippen LogP contribution in [-0.2, 0) is 0 Å². The molecular weight excluding hydrogens is 248 g/mol. The molecule has 0 spiro atoms. The summed E-state index contributed by atoms with van der Waals surface area (Å²) in [5.41, 5.74) is 0.805. The van der Waals surface area contributed by atoms with Crippen molar-refractivity contribution in [1.29, 1.82) is 0 Å². The molecule has 0 aliphatic heterocycles. The van der Waals surface area contributed by atoms with Crippen molar-refractivity contribution in [2.24, 2.45) is 5.92 Å². The van der Waals surface area contributed by atoms with Crippen LogP contribution in [0.3, 0.4) is 0 Å². The maximum Gasteiger partial charge on any atom is 0.270 e. The molecule has 0 saturated heterocycles. The number of benzene rings is 1. The number of aliphatic hydroxyl groups is 1. The predicted molar refractivity (Wildman–Crippen MR) is 71.0 cm³/mol. The quantitative estimate of drug-likeness (QED) is 0.626. The summed E-state index contributed by atoms with van der Waals surface area (Å²) in [7, 11) is 0. The van der Waals surface area contributed by atoms with Crippen molar-refractivity contribution >= 4 is 11.6 Å². The van der Waals surface area contributed by atoms with E-state index in [-0.39, 0.29) is 35.7 Å². The first-order chi connectivity index (χ1) is 8.85. The Morgan fingerprint density at radius 2 is 2.05 bits per heavy atom. The van der Waals surface area contributed by atoms with Crippen LogP contribution in [0.5, 0.6) is 0 Å². The summed E-state index contributed by atoms with van der Waals surface area (Å²) in [6.45, 7) is 5.26. The maximum atomic E-state index is 12.0. The van der Waals surface area contributed by atoms with Gasteiger partial charge in [-0.05, 0) is 31.4 Å². The highest BCUT2D eigenvalue weighted by atomic mass is 16.6. The number of non-ortho nitro benzene ring substituents is 1. The number of hydrogen-bond donors (Lipinski definition) is 2. The minimum atomic E-state index is -0.524. The third kappa shape index (κ3) is 4.03.